The van der Waals surface area contributed by atoms with Gasteiger partial charge in [0.2, 0.25) is 0 Å². The van der Waals surface area contributed by atoms with Gasteiger partial charge in [-0.25, -0.2) is 4.98 Å². The third-order valence-corrected chi connectivity index (χ3v) is 3.87. The van der Waals surface area contributed by atoms with Crippen LogP contribution in [-0.4, -0.2) is 55.7 Å². The van der Waals surface area contributed by atoms with Gasteiger partial charge in [0, 0.05) is 5.92 Å². The van der Waals surface area contributed by atoms with E-state index in [1.807, 2.05) is 13.8 Å². The maximum atomic E-state index is 11.5. The van der Waals surface area contributed by atoms with Gasteiger partial charge in [-0.05, 0) is 12.3 Å². The molecule has 8 heteroatoms. The molecule has 1 aromatic heterocycles. The van der Waals surface area contributed by atoms with E-state index in [9.17, 15) is 15.0 Å². The zero-order chi connectivity index (χ0) is 17.1. The van der Waals surface area contributed by atoms with Crippen LogP contribution in [0.15, 0.2) is 6.33 Å². The van der Waals surface area contributed by atoms with Crippen LogP contribution in [0.5, 0.6) is 0 Å². The molecule has 0 spiro atoms. The summed E-state index contributed by atoms with van der Waals surface area (Å²) in [5.74, 6) is 5.19. The van der Waals surface area contributed by atoms with Crippen molar-refractivity contribution in [3.63, 3.8) is 0 Å². The summed E-state index contributed by atoms with van der Waals surface area (Å²) in [5.41, 5.74) is 5.49. The number of nitrogens with zero attached hydrogens (tertiary/aromatic N) is 2. The Morgan fingerprint density at radius 3 is 2.74 bits per heavy atom. The summed E-state index contributed by atoms with van der Waals surface area (Å²) < 4.78 is 6.80. The number of aliphatic hydroxyl groups is 3. The lowest BCUT2D eigenvalue weighted by atomic mass is 10.1. The number of carbonyl (C=O) groups excluding carboxylic acids is 1. The zero-order valence-electron chi connectivity index (χ0n) is 13.0. The topological polar surface area (TPSA) is 131 Å². The van der Waals surface area contributed by atoms with Crippen LogP contribution in [0.2, 0.25) is 0 Å². The lowest BCUT2D eigenvalue weighted by Gasteiger charge is -2.17. The molecule has 126 valence electrons. The quantitative estimate of drug-likeness (QED) is 0.525. The van der Waals surface area contributed by atoms with Crippen molar-refractivity contribution in [2.75, 3.05) is 6.61 Å². The summed E-state index contributed by atoms with van der Waals surface area (Å²) in [4.78, 5) is 15.4. The van der Waals surface area contributed by atoms with Crippen molar-refractivity contribution < 1.29 is 24.9 Å². The summed E-state index contributed by atoms with van der Waals surface area (Å²) in [5, 5.41) is 29.1. The number of rotatable bonds is 4. The van der Waals surface area contributed by atoms with Crippen molar-refractivity contribution in [2.45, 2.75) is 44.8 Å². The van der Waals surface area contributed by atoms with Gasteiger partial charge in [-0.3, -0.25) is 9.36 Å². The molecule has 0 bridgehead atoms. The van der Waals surface area contributed by atoms with E-state index in [0.717, 1.165) is 6.42 Å². The molecular formula is C15H21N3O5. The molecule has 1 saturated heterocycles. The van der Waals surface area contributed by atoms with Gasteiger partial charge in [-0.2, -0.15) is 0 Å². The zero-order valence-corrected chi connectivity index (χ0v) is 13.0. The van der Waals surface area contributed by atoms with Crippen molar-refractivity contribution >= 4 is 5.91 Å². The second kappa shape index (κ2) is 7.10. The molecule has 2 heterocycles. The Bertz CT molecular complexity index is 633. The van der Waals surface area contributed by atoms with E-state index in [0.29, 0.717) is 0 Å². The van der Waals surface area contributed by atoms with E-state index in [-0.39, 0.29) is 17.3 Å². The van der Waals surface area contributed by atoms with Gasteiger partial charge in [-0.1, -0.05) is 19.8 Å². The Balaban J connectivity index is 2.43. The van der Waals surface area contributed by atoms with Crippen molar-refractivity contribution in [3.05, 3.63) is 17.7 Å². The fourth-order valence-electron chi connectivity index (χ4n) is 2.26. The Morgan fingerprint density at radius 1 is 1.52 bits per heavy atom. The minimum Gasteiger partial charge on any atom is -0.394 e. The average Bonchev–Trinajstić information content (AvgIpc) is 3.07. The Kier molecular flexibility index (Phi) is 5.38. The molecule has 5 N–H and O–H groups in total. The van der Waals surface area contributed by atoms with E-state index in [2.05, 4.69) is 16.8 Å². The molecule has 0 saturated carbocycles. The molecule has 0 aromatic carbocycles. The largest absolute Gasteiger partial charge is 0.394 e. The van der Waals surface area contributed by atoms with Crippen molar-refractivity contribution in [1.82, 2.24) is 9.55 Å². The Labute approximate surface area is 133 Å². The van der Waals surface area contributed by atoms with Gasteiger partial charge in [0.25, 0.3) is 5.91 Å². The fraction of sp³-hybridized carbons (Fsp3) is 0.600. The fourth-order valence-corrected chi connectivity index (χ4v) is 2.26. The first-order valence-corrected chi connectivity index (χ1v) is 7.41. The minimum atomic E-state index is -1.29. The highest BCUT2D eigenvalue weighted by atomic mass is 16.6. The second-order valence-corrected chi connectivity index (χ2v) is 5.52. The third kappa shape index (κ3) is 3.38. The van der Waals surface area contributed by atoms with Crippen molar-refractivity contribution in [1.29, 1.82) is 0 Å². The van der Waals surface area contributed by atoms with Crippen LogP contribution < -0.4 is 5.73 Å². The number of aliphatic hydroxyl groups excluding tert-OH is 3. The molecule has 1 fully saturated rings. The number of primary amides is 1. The van der Waals surface area contributed by atoms with Crippen LogP contribution in [0, 0.1) is 17.8 Å². The Hall–Kier alpha value is -1.92. The first-order chi connectivity index (χ1) is 10.9. The smallest absolute Gasteiger partial charge is 0.270 e. The molecule has 1 aliphatic heterocycles. The van der Waals surface area contributed by atoms with Gasteiger partial charge in [0.1, 0.15) is 24.0 Å². The number of aromatic nitrogens is 2. The molecule has 0 radical (unpaired) electrons. The highest BCUT2D eigenvalue weighted by Gasteiger charge is 2.44. The van der Waals surface area contributed by atoms with E-state index in [4.69, 9.17) is 15.6 Å². The number of ether oxygens (including phenoxy) is 1. The van der Waals surface area contributed by atoms with Gasteiger partial charge >= 0.3 is 0 Å². The first-order valence-electron chi connectivity index (χ1n) is 7.41. The van der Waals surface area contributed by atoms with Crippen molar-refractivity contribution in [3.8, 4) is 11.8 Å². The highest BCUT2D eigenvalue weighted by molar-refractivity contribution is 5.93. The maximum Gasteiger partial charge on any atom is 0.270 e. The van der Waals surface area contributed by atoms with Crippen LogP contribution in [0.4, 0.5) is 0 Å². The maximum absolute atomic E-state index is 11.5. The molecule has 8 nitrogen and oxygen atoms in total. The lowest BCUT2D eigenvalue weighted by Crippen LogP contribution is -2.33. The molecule has 1 amide bonds. The highest BCUT2D eigenvalue weighted by Crippen LogP contribution is 2.30. The molecule has 23 heavy (non-hydrogen) atoms. The molecule has 2 rings (SSSR count). The van der Waals surface area contributed by atoms with Gasteiger partial charge in [0.15, 0.2) is 11.9 Å². The standard InChI is InChI=1S/C15H21N3O5/c1-3-8(2)4-5-9-11(14(16)22)17-7-18(9)15-13(21)12(20)10(6-19)23-15/h7-8,10,12-13,15,19-21H,3,6H2,1-2H3,(H2,16,22)/t8?,10-,12-,13-,15-/m1/s1. The van der Waals surface area contributed by atoms with Gasteiger partial charge in [-0.15, -0.1) is 0 Å². The Morgan fingerprint density at radius 2 is 2.22 bits per heavy atom. The molecular weight excluding hydrogens is 302 g/mol. The average molecular weight is 323 g/mol. The molecule has 1 aliphatic rings. The SMILES string of the molecule is CCC(C)C#Cc1c(C(N)=O)ncn1[C@@H]1O[C@H](CO)[C@@H](O)[C@H]1O. The van der Waals surface area contributed by atoms with Crippen LogP contribution in [-0.2, 0) is 4.74 Å². The normalized spacial score (nSPS) is 28.2. The predicted octanol–water partition coefficient (Wildman–Crippen LogP) is -1.01. The molecule has 5 atom stereocenters. The number of imidazole rings is 1. The predicted molar refractivity (Wildman–Crippen MR) is 80.1 cm³/mol. The molecule has 1 aromatic rings. The van der Waals surface area contributed by atoms with Gasteiger partial charge in [0.05, 0.1) is 12.9 Å². The summed E-state index contributed by atoms with van der Waals surface area (Å²) in [7, 11) is 0. The van der Waals surface area contributed by atoms with E-state index in [1.54, 1.807) is 0 Å². The summed E-state index contributed by atoms with van der Waals surface area (Å²) in [6.07, 6.45) is -2.36. The summed E-state index contributed by atoms with van der Waals surface area (Å²) in [6, 6.07) is 0. The van der Waals surface area contributed by atoms with Crippen LogP contribution in [0.3, 0.4) is 0 Å². The first kappa shape index (κ1) is 17.4. The van der Waals surface area contributed by atoms with Crippen LogP contribution in [0.25, 0.3) is 0 Å². The number of nitrogens with two attached hydrogens (primary N) is 1. The number of hydrogen-bond donors (Lipinski definition) is 4. The second-order valence-electron chi connectivity index (χ2n) is 5.52. The number of carbonyl (C=O) groups is 1. The number of amides is 1. The third-order valence-electron chi connectivity index (χ3n) is 3.87. The molecule has 0 aliphatic carbocycles. The van der Waals surface area contributed by atoms with E-state index in [1.165, 1.54) is 10.9 Å². The van der Waals surface area contributed by atoms with E-state index < -0.39 is 37.1 Å². The minimum absolute atomic E-state index is 0.0291. The van der Waals surface area contributed by atoms with E-state index >= 15 is 0 Å². The van der Waals surface area contributed by atoms with Crippen LogP contribution in [0.1, 0.15) is 42.7 Å². The molecule has 1 unspecified atom stereocenters. The lowest BCUT2D eigenvalue weighted by molar-refractivity contribution is -0.0531. The number of hydrogen-bond acceptors (Lipinski definition) is 6. The van der Waals surface area contributed by atoms with Crippen molar-refractivity contribution in [2.24, 2.45) is 11.7 Å². The van der Waals surface area contributed by atoms with Crippen LogP contribution >= 0.6 is 0 Å². The monoisotopic (exact) mass is 323 g/mol. The summed E-state index contributed by atoms with van der Waals surface area (Å²) >= 11 is 0. The van der Waals surface area contributed by atoms with Gasteiger partial charge < -0.3 is 25.8 Å². The summed E-state index contributed by atoms with van der Waals surface area (Å²) in [6.45, 7) is 3.47.